The highest BCUT2D eigenvalue weighted by atomic mass is 16.6. The molecule has 7 nitrogen and oxygen atoms in total. The Morgan fingerprint density at radius 1 is 1.11 bits per heavy atom. The monoisotopic (exact) mass is 392 g/mol. The van der Waals surface area contributed by atoms with Crippen LogP contribution in [-0.2, 0) is 23.9 Å². The minimum absolute atomic E-state index is 0.0600. The van der Waals surface area contributed by atoms with Crippen LogP contribution in [0.25, 0.3) is 0 Å². The minimum Gasteiger partial charge on any atom is -0.481 e. The minimum atomic E-state index is -1.28. The van der Waals surface area contributed by atoms with Gasteiger partial charge in [0.15, 0.2) is 0 Å². The van der Waals surface area contributed by atoms with Crippen LogP contribution in [-0.4, -0.2) is 34.1 Å². The van der Waals surface area contributed by atoms with Crippen LogP contribution in [0.5, 0.6) is 0 Å². The third-order valence-corrected chi connectivity index (χ3v) is 5.58. The molecule has 1 aliphatic carbocycles. The largest absolute Gasteiger partial charge is 0.481 e. The van der Waals surface area contributed by atoms with Gasteiger partial charge in [0.05, 0.1) is 11.3 Å². The van der Waals surface area contributed by atoms with Gasteiger partial charge in [-0.2, -0.15) is 0 Å². The van der Waals surface area contributed by atoms with E-state index in [1.807, 2.05) is 0 Å². The maximum atomic E-state index is 12.3. The van der Waals surface area contributed by atoms with E-state index in [1.165, 1.54) is 18.2 Å². The molecule has 0 aromatic heterocycles. The lowest BCUT2D eigenvalue weighted by Gasteiger charge is -2.29. The van der Waals surface area contributed by atoms with Gasteiger partial charge in [0, 0.05) is 12.0 Å². The van der Waals surface area contributed by atoms with E-state index >= 15 is 0 Å². The van der Waals surface area contributed by atoms with Crippen LogP contribution in [0, 0.1) is 11.3 Å². The molecule has 2 N–H and O–H groups in total. The van der Waals surface area contributed by atoms with Crippen molar-refractivity contribution in [2.24, 2.45) is 11.3 Å². The van der Waals surface area contributed by atoms with Gasteiger partial charge in [-0.1, -0.05) is 50.3 Å². The molecule has 1 fully saturated rings. The molecule has 0 spiro atoms. The van der Waals surface area contributed by atoms with E-state index in [-0.39, 0.29) is 24.8 Å². The third-order valence-electron chi connectivity index (χ3n) is 5.58. The molecule has 0 amide bonds. The molecule has 0 aromatic rings. The topological polar surface area (TPSA) is 118 Å². The Kier molecular flexibility index (Phi) is 7.96. The molecule has 2 aliphatic rings. The van der Waals surface area contributed by atoms with Crippen molar-refractivity contribution in [3.63, 3.8) is 0 Å². The highest BCUT2D eigenvalue weighted by molar-refractivity contribution is 5.90. The lowest BCUT2D eigenvalue weighted by atomic mass is 9.74. The number of ether oxygens (including phenoxy) is 1. The smallest absolute Gasteiger partial charge is 0.331 e. The second-order valence-corrected chi connectivity index (χ2v) is 7.68. The first-order valence-electron chi connectivity index (χ1n) is 9.94. The molecule has 1 aliphatic heterocycles. The Labute approximate surface area is 164 Å². The average Bonchev–Trinajstić information content (AvgIpc) is 2.68. The summed E-state index contributed by atoms with van der Waals surface area (Å²) in [5, 5.41) is 18.9. The van der Waals surface area contributed by atoms with Crippen molar-refractivity contribution >= 4 is 23.9 Å². The number of esters is 2. The number of carbonyl (C=O) groups excluding carboxylic acids is 2. The summed E-state index contributed by atoms with van der Waals surface area (Å²) in [6.07, 6.45) is 10.8. The number of carboxylic acid groups (broad SMARTS) is 2. The van der Waals surface area contributed by atoms with Gasteiger partial charge < -0.3 is 14.9 Å². The van der Waals surface area contributed by atoms with Crippen LogP contribution in [0.15, 0.2) is 23.8 Å². The van der Waals surface area contributed by atoms with Crippen LogP contribution < -0.4 is 0 Å². The normalized spacial score (nSPS) is 26.7. The van der Waals surface area contributed by atoms with E-state index in [1.54, 1.807) is 0 Å². The molecule has 1 saturated heterocycles. The Balaban J connectivity index is 1.99. The van der Waals surface area contributed by atoms with Gasteiger partial charge in [0.25, 0.3) is 0 Å². The fourth-order valence-electron chi connectivity index (χ4n) is 3.86. The predicted octanol–water partition coefficient (Wildman–Crippen LogP) is 3.63. The van der Waals surface area contributed by atoms with E-state index in [9.17, 15) is 29.4 Å². The Bertz CT molecular complexity index is 676. The maximum absolute atomic E-state index is 12.3. The molecule has 0 aromatic carbocycles. The second kappa shape index (κ2) is 10.2. The number of carbonyl (C=O) groups is 4. The summed E-state index contributed by atoms with van der Waals surface area (Å²) in [7, 11) is 0. The van der Waals surface area contributed by atoms with Gasteiger partial charge in [-0.05, 0) is 32.1 Å². The van der Waals surface area contributed by atoms with Gasteiger partial charge in [-0.3, -0.25) is 14.4 Å². The van der Waals surface area contributed by atoms with Crippen molar-refractivity contribution in [2.45, 2.75) is 70.6 Å². The fourth-order valence-corrected chi connectivity index (χ4v) is 3.86. The van der Waals surface area contributed by atoms with Crippen LogP contribution in [0.1, 0.15) is 70.6 Å². The number of allylic oxidation sites excluding steroid dienone is 2. The molecule has 7 heteroatoms. The van der Waals surface area contributed by atoms with Crippen molar-refractivity contribution in [3.05, 3.63) is 23.8 Å². The molecule has 1 heterocycles. The highest BCUT2D eigenvalue weighted by Gasteiger charge is 2.39. The maximum Gasteiger partial charge on any atom is 0.331 e. The van der Waals surface area contributed by atoms with Gasteiger partial charge >= 0.3 is 23.9 Å². The van der Waals surface area contributed by atoms with Crippen LogP contribution in [0.4, 0.5) is 0 Å². The summed E-state index contributed by atoms with van der Waals surface area (Å²) in [5.74, 6) is -3.65. The van der Waals surface area contributed by atoms with Gasteiger partial charge in [-0.25, -0.2) is 4.79 Å². The number of cyclic esters (lactones) is 2. The third kappa shape index (κ3) is 6.04. The molecule has 0 radical (unpaired) electrons. The summed E-state index contributed by atoms with van der Waals surface area (Å²) < 4.78 is 4.96. The summed E-state index contributed by atoms with van der Waals surface area (Å²) in [6, 6.07) is 0. The lowest BCUT2D eigenvalue weighted by Crippen LogP contribution is -2.32. The standard InChI is InChI=1S/C21H28O7/c22-17-11-5-3-1-2-4-8-15(19(25)28-17)9-6-12-21(20(26)27)13-7-10-16(14-21)18(23)24/h7,10,13,15H,1-6,8-9,11-12,14H2,(H,23,24)(H,26,27). The SMILES string of the molecule is O=C1CCCCCCCC(CCCC2(C(=O)O)C=CC=C(C(=O)O)C2)C(=O)O1. The van der Waals surface area contributed by atoms with E-state index in [0.29, 0.717) is 19.3 Å². The molecule has 28 heavy (non-hydrogen) atoms. The highest BCUT2D eigenvalue weighted by Crippen LogP contribution is 2.38. The van der Waals surface area contributed by atoms with Crippen molar-refractivity contribution in [3.8, 4) is 0 Å². The summed E-state index contributed by atoms with van der Waals surface area (Å²) >= 11 is 0. The van der Waals surface area contributed by atoms with E-state index in [4.69, 9.17) is 4.74 Å². The molecular formula is C21H28O7. The Morgan fingerprint density at radius 3 is 2.54 bits per heavy atom. The van der Waals surface area contributed by atoms with Gasteiger partial charge in [0.1, 0.15) is 0 Å². The molecule has 2 rings (SSSR count). The first-order valence-corrected chi connectivity index (χ1v) is 9.94. The number of carboxylic acids is 2. The van der Waals surface area contributed by atoms with E-state index in [0.717, 1.165) is 32.1 Å². The molecule has 0 bridgehead atoms. The summed E-state index contributed by atoms with van der Waals surface area (Å²) in [5.41, 5.74) is -1.22. The number of hydrogen-bond acceptors (Lipinski definition) is 5. The molecule has 2 unspecified atom stereocenters. The Hall–Kier alpha value is -2.44. The second-order valence-electron chi connectivity index (χ2n) is 7.68. The zero-order chi connectivity index (χ0) is 20.6. The van der Waals surface area contributed by atoms with Crippen LogP contribution in [0.3, 0.4) is 0 Å². The van der Waals surface area contributed by atoms with Crippen LogP contribution in [0.2, 0.25) is 0 Å². The van der Waals surface area contributed by atoms with Crippen molar-refractivity contribution in [1.82, 2.24) is 0 Å². The van der Waals surface area contributed by atoms with Crippen molar-refractivity contribution in [2.75, 3.05) is 0 Å². The first-order chi connectivity index (χ1) is 13.3. The molecular weight excluding hydrogens is 364 g/mol. The van der Waals surface area contributed by atoms with E-state index < -0.39 is 35.2 Å². The van der Waals surface area contributed by atoms with Crippen molar-refractivity contribution < 1.29 is 34.1 Å². The van der Waals surface area contributed by atoms with Crippen LogP contribution >= 0.6 is 0 Å². The fraction of sp³-hybridized carbons (Fsp3) is 0.619. The molecule has 154 valence electrons. The zero-order valence-electron chi connectivity index (χ0n) is 16.0. The van der Waals surface area contributed by atoms with Crippen molar-refractivity contribution in [1.29, 1.82) is 0 Å². The average molecular weight is 392 g/mol. The predicted molar refractivity (Wildman–Crippen MR) is 100 cm³/mol. The Morgan fingerprint density at radius 2 is 1.82 bits per heavy atom. The molecule has 0 saturated carbocycles. The number of aliphatic carboxylic acids is 2. The molecule has 2 atom stereocenters. The van der Waals surface area contributed by atoms with E-state index in [2.05, 4.69) is 0 Å². The van der Waals surface area contributed by atoms with Gasteiger partial charge in [-0.15, -0.1) is 0 Å². The number of hydrogen-bond donors (Lipinski definition) is 2. The summed E-state index contributed by atoms with van der Waals surface area (Å²) in [6.45, 7) is 0. The van der Waals surface area contributed by atoms with Gasteiger partial charge in [0.2, 0.25) is 0 Å². The quantitative estimate of drug-likeness (QED) is 0.523. The number of rotatable bonds is 6. The zero-order valence-corrected chi connectivity index (χ0v) is 16.0. The lowest BCUT2D eigenvalue weighted by molar-refractivity contribution is -0.163. The first kappa shape index (κ1) is 21.9. The summed E-state index contributed by atoms with van der Waals surface area (Å²) in [4.78, 5) is 47.1.